The Balaban J connectivity index is 1.82. The molecule has 5 heteroatoms. The molecule has 24 heavy (non-hydrogen) atoms. The summed E-state index contributed by atoms with van der Waals surface area (Å²) >= 11 is 6.67. The Hall–Kier alpha value is -2.30. The lowest BCUT2D eigenvalue weighted by atomic mass is 10.0. The molecule has 4 nitrogen and oxygen atoms in total. The average molecular weight is 341 g/mol. The molecule has 122 valence electrons. The Morgan fingerprint density at radius 3 is 2.67 bits per heavy atom. The van der Waals surface area contributed by atoms with Crippen LogP contribution in [0.5, 0.6) is 11.6 Å². The number of ether oxygens (including phenoxy) is 1. The first-order valence-electron chi connectivity index (χ1n) is 7.95. The van der Waals surface area contributed by atoms with Gasteiger partial charge in [-0.15, -0.1) is 0 Å². The van der Waals surface area contributed by atoms with Crippen molar-refractivity contribution < 1.29 is 9.84 Å². The number of aromatic hydroxyl groups is 1. The number of benzene rings is 2. The molecule has 1 fully saturated rings. The molecular weight excluding hydrogens is 324 g/mol. The maximum atomic E-state index is 9.77. The number of aromatic nitrogens is 1. The van der Waals surface area contributed by atoms with Gasteiger partial charge in [0.25, 0.3) is 0 Å². The van der Waals surface area contributed by atoms with Crippen molar-refractivity contribution in [2.45, 2.75) is 0 Å². The number of pyridine rings is 1. The van der Waals surface area contributed by atoms with Crippen molar-refractivity contribution in [2.24, 2.45) is 0 Å². The number of hydrogen-bond donors (Lipinski definition) is 1. The summed E-state index contributed by atoms with van der Waals surface area (Å²) in [6.07, 6.45) is 0. The van der Waals surface area contributed by atoms with E-state index in [4.69, 9.17) is 16.3 Å². The molecule has 2 heterocycles. The van der Waals surface area contributed by atoms with Crippen LogP contribution in [-0.4, -0.2) is 41.2 Å². The highest BCUT2D eigenvalue weighted by atomic mass is 35.5. The van der Waals surface area contributed by atoms with Crippen molar-refractivity contribution in [1.82, 2.24) is 9.88 Å². The van der Waals surface area contributed by atoms with E-state index in [1.54, 1.807) is 18.2 Å². The van der Waals surface area contributed by atoms with Gasteiger partial charge in [0, 0.05) is 25.0 Å². The standard InChI is InChI=1S/C19H17ClN2O2/c20-18-15-12-14(23)6-7-16(15)21-19(24-11-10-22-8-9-22)17(18)13-4-2-1-3-5-13/h1-7,12,23H,8-11H2. The first kappa shape index (κ1) is 15.2. The van der Waals surface area contributed by atoms with Crippen molar-refractivity contribution in [3.05, 3.63) is 53.6 Å². The van der Waals surface area contributed by atoms with E-state index in [2.05, 4.69) is 9.88 Å². The van der Waals surface area contributed by atoms with Crippen LogP contribution in [-0.2, 0) is 0 Å². The number of phenols is 1. The molecule has 2 aromatic carbocycles. The van der Waals surface area contributed by atoms with Crippen LogP contribution in [0.2, 0.25) is 5.02 Å². The van der Waals surface area contributed by atoms with E-state index in [0.29, 0.717) is 28.4 Å². The molecule has 1 N–H and O–H groups in total. The van der Waals surface area contributed by atoms with E-state index in [1.165, 1.54) is 0 Å². The molecule has 0 aliphatic carbocycles. The molecule has 0 amide bonds. The second-order valence-electron chi connectivity index (χ2n) is 5.86. The Morgan fingerprint density at radius 2 is 1.92 bits per heavy atom. The van der Waals surface area contributed by atoms with Gasteiger partial charge in [0.15, 0.2) is 0 Å². The highest BCUT2D eigenvalue weighted by Gasteiger charge is 2.19. The minimum atomic E-state index is 0.167. The zero-order valence-electron chi connectivity index (χ0n) is 13.1. The van der Waals surface area contributed by atoms with Crippen LogP contribution < -0.4 is 4.74 Å². The molecule has 0 unspecified atom stereocenters. The van der Waals surface area contributed by atoms with Crippen molar-refractivity contribution in [1.29, 1.82) is 0 Å². The maximum Gasteiger partial charge on any atom is 0.223 e. The van der Waals surface area contributed by atoms with Crippen LogP contribution in [0, 0.1) is 0 Å². The van der Waals surface area contributed by atoms with Crippen molar-refractivity contribution in [3.8, 4) is 22.8 Å². The fourth-order valence-corrected chi connectivity index (χ4v) is 3.06. The summed E-state index contributed by atoms with van der Waals surface area (Å²) in [6, 6.07) is 14.8. The van der Waals surface area contributed by atoms with E-state index in [-0.39, 0.29) is 5.75 Å². The van der Waals surface area contributed by atoms with Crippen molar-refractivity contribution in [3.63, 3.8) is 0 Å². The second-order valence-corrected chi connectivity index (χ2v) is 6.24. The highest BCUT2D eigenvalue weighted by Crippen LogP contribution is 2.40. The highest BCUT2D eigenvalue weighted by molar-refractivity contribution is 6.38. The van der Waals surface area contributed by atoms with E-state index in [1.807, 2.05) is 30.3 Å². The van der Waals surface area contributed by atoms with Gasteiger partial charge < -0.3 is 9.84 Å². The van der Waals surface area contributed by atoms with Gasteiger partial charge >= 0.3 is 0 Å². The smallest absolute Gasteiger partial charge is 0.223 e. The third kappa shape index (κ3) is 3.03. The summed E-state index contributed by atoms with van der Waals surface area (Å²) in [5.41, 5.74) is 2.42. The number of rotatable bonds is 5. The Bertz CT molecular complexity index is 879. The summed E-state index contributed by atoms with van der Waals surface area (Å²) in [7, 11) is 0. The van der Waals surface area contributed by atoms with Gasteiger partial charge in [0.2, 0.25) is 5.88 Å². The first-order chi connectivity index (χ1) is 11.7. The topological polar surface area (TPSA) is 45.4 Å². The molecule has 0 radical (unpaired) electrons. The lowest BCUT2D eigenvalue weighted by molar-refractivity contribution is 0.284. The summed E-state index contributed by atoms with van der Waals surface area (Å²) < 4.78 is 5.96. The molecule has 1 aliphatic heterocycles. The number of hydrogen-bond acceptors (Lipinski definition) is 4. The number of nitrogens with zero attached hydrogens (tertiary/aromatic N) is 2. The first-order valence-corrected chi connectivity index (χ1v) is 8.33. The normalized spacial score (nSPS) is 14.0. The van der Waals surface area contributed by atoms with Crippen LogP contribution in [0.25, 0.3) is 22.0 Å². The lowest BCUT2D eigenvalue weighted by Crippen LogP contribution is -2.11. The van der Waals surface area contributed by atoms with Crippen LogP contribution >= 0.6 is 11.6 Å². The zero-order valence-corrected chi connectivity index (χ0v) is 13.8. The second kappa shape index (κ2) is 6.30. The van der Waals surface area contributed by atoms with Gasteiger partial charge in [-0.05, 0) is 23.8 Å². The minimum Gasteiger partial charge on any atom is -0.508 e. The number of phenolic OH excluding ortho intramolecular Hbond substituents is 1. The van der Waals surface area contributed by atoms with E-state index in [0.717, 1.165) is 30.8 Å². The molecule has 0 atom stereocenters. The largest absolute Gasteiger partial charge is 0.508 e. The molecule has 1 aliphatic rings. The van der Waals surface area contributed by atoms with Crippen LogP contribution in [0.15, 0.2) is 48.5 Å². The zero-order chi connectivity index (χ0) is 16.5. The van der Waals surface area contributed by atoms with Gasteiger partial charge in [0.05, 0.1) is 16.1 Å². The van der Waals surface area contributed by atoms with Gasteiger partial charge in [-0.1, -0.05) is 41.9 Å². The fourth-order valence-electron chi connectivity index (χ4n) is 2.72. The Labute approximate surface area is 145 Å². The molecule has 3 aromatic rings. The summed E-state index contributed by atoms with van der Waals surface area (Å²) in [6.45, 7) is 3.74. The quantitative estimate of drug-likeness (QED) is 0.714. The number of halogens is 1. The summed E-state index contributed by atoms with van der Waals surface area (Å²) in [5.74, 6) is 0.701. The van der Waals surface area contributed by atoms with Crippen LogP contribution in [0.3, 0.4) is 0 Å². The summed E-state index contributed by atoms with van der Waals surface area (Å²) in [5, 5.41) is 11.0. The third-order valence-corrected chi connectivity index (χ3v) is 4.51. The molecular formula is C19H17ClN2O2. The maximum absolute atomic E-state index is 9.77. The average Bonchev–Trinajstić information content (AvgIpc) is 3.41. The van der Waals surface area contributed by atoms with Crippen LogP contribution in [0.1, 0.15) is 0 Å². The lowest BCUT2D eigenvalue weighted by Gasteiger charge is -2.15. The van der Waals surface area contributed by atoms with Gasteiger partial charge in [-0.2, -0.15) is 0 Å². The molecule has 1 aromatic heterocycles. The molecule has 1 saturated heterocycles. The van der Waals surface area contributed by atoms with Crippen molar-refractivity contribution in [2.75, 3.05) is 26.2 Å². The molecule has 4 rings (SSSR count). The van der Waals surface area contributed by atoms with E-state index in [9.17, 15) is 5.11 Å². The molecule has 0 saturated carbocycles. The Kier molecular flexibility index (Phi) is 4.00. The minimum absolute atomic E-state index is 0.167. The van der Waals surface area contributed by atoms with E-state index >= 15 is 0 Å². The Morgan fingerprint density at radius 1 is 1.12 bits per heavy atom. The fraction of sp³-hybridized carbons (Fsp3) is 0.211. The SMILES string of the molecule is Oc1ccc2nc(OCCN3CC3)c(-c3ccccc3)c(Cl)c2c1. The van der Waals surface area contributed by atoms with Gasteiger partial charge in [0.1, 0.15) is 12.4 Å². The third-order valence-electron chi connectivity index (χ3n) is 4.12. The molecule has 0 bridgehead atoms. The van der Waals surface area contributed by atoms with E-state index < -0.39 is 0 Å². The van der Waals surface area contributed by atoms with Crippen LogP contribution in [0.4, 0.5) is 0 Å². The van der Waals surface area contributed by atoms with Gasteiger partial charge in [-0.3, -0.25) is 4.90 Å². The number of fused-ring (bicyclic) bond motifs is 1. The predicted octanol–water partition coefficient (Wildman–Crippen LogP) is 3.96. The molecule has 0 spiro atoms. The van der Waals surface area contributed by atoms with Gasteiger partial charge in [-0.25, -0.2) is 4.98 Å². The predicted molar refractivity (Wildman–Crippen MR) is 95.8 cm³/mol. The summed E-state index contributed by atoms with van der Waals surface area (Å²) in [4.78, 5) is 6.93. The van der Waals surface area contributed by atoms with Crippen molar-refractivity contribution >= 4 is 22.5 Å². The monoisotopic (exact) mass is 340 g/mol.